The molecule has 35 heavy (non-hydrogen) atoms. The third kappa shape index (κ3) is 3.13. The van der Waals surface area contributed by atoms with Crippen molar-refractivity contribution in [1.82, 2.24) is 0 Å². The molecule has 0 saturated heterocycles. The first kappa shape index (κ1) is 22.9. The van der Waals surface area contributed by atoms with Gasteiger partial charge in [-0.3, -0.25) is 14.4 Å². The van der Waals surface area contributed by atoms with Crippen LogP contribution in [0.5, 0.6) is 11.5 Å². The summed E-state index contributed by atoms with van der Waals surface area (Å²) >= 11 is 0. The first-order chi connectivity index (χ1) is 16.6. The maximum atomic E-state index is 13.6. The summed E-state index contributed by atoms with van der Waals surface area (Å²) in [6.07, 6.45) is 0.100. The number of carbonyl (C=O) groups excluding carboxylic acids is 3. The van der Waals surface area contributed by atoms with Crippen LogP contribution in [0.2, 0.25) is 0 Å². The first-order valence-corrected chi connectivity index (χ1v) is 11.3. The molecular weight excluding hydrogens is 452 g/mol. The number of hydrogen-bond donors (Lipinski definition) is 4. The minimum absolute atomic E-state index is 0.0779. The molecule has 0 aromatic heterocycles. The maximum absolute atomic E-state index is 13.6. The molecule has 0 bridgehead atoms. The summed E-state index contributed by atoms with van der Waals surface area (Å²) in [5.41, 5.74) is -0.991. The van der Waals surface area contributed by atoms with E-state index in [4.69, 9.17) is 4.74 Å². The number of benzene rings is 2. The molecule has 0 heterocycles. The Hall–Kier alpha value is -3.91. The number of methoxy groups -OCH3 is 1. The number of fused-ring (bicyclic) bond motifs is 3. The molecule has 5 rings (SSSR count). The molecule has 8 nitrogen and oxygen atoms in total. The van der Waals surface area contributed by atoms with Crippen LogP contribution in [0.25, 0.3) is 16.9 Å². The fourth-order valence-electron chi connectivity index (χ4n) is 5.79. The number of ketones is 3. The monoisotopic (exact) mass is 476 g/mol. The average molecular weight is 476 g/mol. The number of hydrogen-bond acceptors (Lipinski definition) is 8. The Balaban J connectivity index is 1.70. The number of aromatic hydroxyl groups is 1. The second-order valence-electron chi connectivity index (χ2n) is 9.32. The van der Waals surface area contributed by atoms with Crippen molar-refractivity contribution in [2.24, 2.45) is 11.8 Å². The molecule has 3 atom stereocenters. The SMILES string of the molecule is COc1cccc(-c2ccc(O)c3c2C[C@@H]2C[C@@H]4CC(=O)C(C(C)=O)=C(O)[C@]4(O)C(=O)C2=C3O)c1. The van der Waals surface area contributed by atoms with E-state index in [1.807, 2.05) is 18.2 Å². The highest BCUT2D eigenvalue weighted by atomic mass is 16.5. The lowest BCUT2D eigenvalue weighted by molar-refractivity contribution is -0.147. The zero-order chi connectivity index (χ0) is 25.2. The van der Waals surface area contributed by atoms with Gasteiger partial charge in [-0.1, -0.05) is 18.2 Å². The van der Waals surface area contributed by atoms with E-state index in [2.05, 4.69) is 0 Å². The summed E-state index contributed by atoms with van der Waals surface area (Å²) in [5, 5.41) is 43.9. The van der Waals surface area contributed by atoms with Crippen molar-refractivity contribution in [1.29, 1.82) is 0 Å². The van der Waals surface area contributed by atoms with Crippen molar-refractivity contribution < 1.29 is 39.5 Å². The fourth-order valence-corrected chi connectivity index (χ4v) is 5.79. The number of aliphatic hydroxyl groups excluding tert-OH is 2. The maximum Gasteiger partial charge on any atom is 0.202 e. The topological polar surface area (TPSA) is 141 Å². The first-order valence-electron chi connectivity index (χ1n) is 11.3. The Bertz CT molecular complexity index is 1380. The molecule has 3 aliphatic rings. The third-order valence-corrected chi connectivity index (χ3v) is 7.43. The van der Waals surface area contributed by atoms with Crippen molar-refractivity contribution in [3.05, 3.63) is 64.4 Å². The van der Waals surface area contributed by atoms with Crippen molar-refractivity contribution in [2.45, 2.75) is 31.8 Å². The van der Waals surface area contributed by atoms with Crippen LogP contribution in [-0.4, -0.2) is 50.5 Å². The summed E-state index contributed by atoms with van der Waals surface area (Å²) in [6.45, 7) is 1.08. The molecule has 0 unspecified atom stereocenters. The van der Waals surface area contributed by atoms with Gasteiger partial charge in [-0.25, -0.2) is 0 Å². The Kier molecular flexibility index (Phi) is 5.10. The Morgan fingerprint density at radius 3 is 2.51 bits per heavy atom. The molecule has 2 aromatic rings. The lowest BCUT2D eigenvalue weighted by atomic mass is 9.59. The van der Waals surface area contributed by atoms with Gasteiger partial charge in [-0.15, -0.1) is 0 Å². The quantitative estimate of drug-likeness (QED) is 0.495. The lowest BCUT2D eigenvalue weighted by Crippen LogP contribution is -2.57. The largest absolute Gasteiger partial charge is 0.508 e. The predicted octanol–water partition coefficient (Wildman–Crippen LogP) is 3.20. The second-order valence-corrected chi connectivity index (χ2v) is 9.32. The standard InChI is InChI=1S/C27H24O8/c1-12(28)21-20(30)11-15-8-14-10-18-17(13-4-3-5-16(9-13)35-2)6-7-19(29)23(18)24(31)22(14)26(33)27(15,34)25(21)32/h3-7,9,14-15,29,31-32,34H,8,10-11H2,1-2H3/t14-,15+,27-/m0/s1. The van der Waals surface area contributed by atoms with Gasteiger partial charge in [0.05, 0.1) is 12.7 Å². The van der Waals surface area contributed by atoms with Gasteiger partial charge in [-0.05, 0) is 60.6 Å². The Labute approximate surface area is 200 Å². The molecular formula is C27H24O8. The minimum atomic E-state index is -2.49. The fraction of sp³-hybridized carbons (Fsp3) is 0.296. The average Bonchev–Trinajstić information content (AvgIpc) is 2.81. The summed E-state index contributed by atoms with van der Waals surface area (Å²) in [6, 6.07) is 10.4. The summed E-state index contributed by atoms with van der Waals surface area (Å²) in [5.74, 6) is -4.90. The van der Waals surface area contributed by atoms with E-state index >= 15 is 0 Å². The molecule has 1 fully saturated rings. The summed E-state index contributed by atoms with van der Waals surface area (Å²) < 4.78 is 5.32. The van der Waals surface area contributed by atoms with Gasteiger partial charge < -0.3 is 25.2 Å². The number of Topliss-reactive ketones (excluding diaryl/α,β-unsaturated/α-hetero) is 3. The van der Waals surface area contributed by atoms with Crippen LogP contribution in [-0.2, 0) is 20.8 Å². The zero-order valence-electron chi connectivity index (χ0n) is 19.2. The van der Waals surface area contributed by atoms with Gasteiger partial charge in [0.2, 0.25) is 5.78 Å². The number of carbonyl (C=O) groups is 3. The van der Waals surface area contributed by atoms with E-state index in [0.29, 0.717) is 11.3 Å². The molecule has 180 valence electrons. The van der Waals surface area contributed by atoms with Gasteiger partial charge in [0.25, 0.3) is 0 Å². The van der Waals surface area contributed by atoms with Crippen molar-refractivity contribution >= 4 is 23.1 Å². The van der Waals surface area contributed by atoms with Crippen molar-refractivity contribution in [2.75, 3.05) is 7.11 Å². The normalized spacial score (nSPS) is 25.7. The highest BCUT2D eigenvalue weighted by Gasteiger charge is 2.60. The van der Waals surface area contributed by atoms with Crippen LogP contribution in [0.4, 0.5) is 0 Å². The second kappa shape index (κ2) is 7.81. The molecule has 3 aliphatic carbocycles. The minimum Gasteiger partial charge on any atom is -0.508 e. The smallest absolute Gasteiger partial charge is 0.202 e. The van der Waals surface area contributed by atoms with E-state index in [-0.39, 0.29) is 36.1 Å². The zero-order valence-corrected chi connectivity index (χ0v) is 19.2. The van der Waals surface area contributed by atoms with E-state index in [0.717, 1.165) is 18.1 Å². The molecule has 0 spiro atoms. The number of phenolic OH excluding ortho intramolecular Hbond substituents is 1. The van der Waals surface area contributed by atoms with Crippen LogP contribution in [0.3, 0.4) is 0 Å². The van der Waals surface area contributed by atoms with Gasteiger partial charge in [0.1, 0.15) is 28.6 Å². The van der Waals surface area contributed by atoms with Gasteiger partial charge in [0.15, 0.2) is 17.2 Å². The van der Waals surface area contributed by atoms with Crippen LogP contribution in [0.1, 0.15) is 30.9 Å². The highest BCUT2D eigenvalue weighted by molar-refractivity contribution is 6.23. The highest BCUT2D eigenvalue weighted by Crippen LogP contribution is 2.53. The van der Waals surface area contributed by atoms with Gasteiger partial charge >= 0.3 is 0 Å². The van der Waals surface area contributed by atoms with Crippen molar-refractivity contribution in [3.8, 4) is 22.6 Å². The number of aliphatic hydroxyl groups is 3. The number of ether oxygens (including phenoxy) is 1. The summed E-state index contributed by atoms with van der Waals surface area (Å²) in [7, 11) is 1.55. The van der Waals surface area contributed by atoms with Crippen LogP contribution >= 0.6 is 0 Å². The number of rotatable bonds is 3. The molecule has 2 aromatic carbocycles. The molecule has 0 aliphatic heterocycles. The van der Waals surface area contributed by atoms with E-state index in [9.17, 15) is 34.8 Å². The Morgan fingerprint density at radius 1 is 1.09 bits per heavy atom. The molecule has 1 saturated carbocycles. The Morgan fingerprint density at radius 2 is 1.83 bits per heavy atom. The van der Waals surface area contributed by atoms with E-state index in [1.54, 1.807) is 19.2 Å². The predicted molar refractivity (Wildman–Crippen MR) is 125 cm³/mol. The third-order valence-electron chi connectivity index (χ3n) is 7.43. The lowest BCUT2D eigenvalue weighted by Gasteiger charge is -2.46. The summed E-state index contributed by atoms with van der Waals surface area (Å²) in [4.78, 5) is 38.1. The van der Waals surface area contributed by atoms with Crippen molar-refractivity contribution in [3.63, 3.8) is 0 Å². The molecule has 8 heteroatoms. The van der Waals surface area contributed by atoms with Crippen LogP contribution in [0.15, 0.2) is 53.3 Å². The van der Waals surface area contributed by atoms with Crippen LogP contribution in [0, 0.1) is 11.8 Å². The van der Waals surface area contributed by atoms with E-state index < -0.39 is 51.9 Å². The molecule has 4 N–H and O–H groups in total. The molecule has 0 amide bonds. The number of allylic oxidation sites excluding steroid dienone is 1. The molecule has 0 radical (unpaired) electrons. The number of phenols is 1. The van der Waals surface area contributed by atoms with E-state index in [1.165, 1.54) is 6.07 Å². The van der Waals surface area contributed by atoms with Gasteiger partial charge in [0, 0.05) is 17.9 Å². The van der Waals surface area contributed by atoms with Crippen LogP contribution < -0.4 is 4.74 Å². The van der Waals surface area contributed by atoms with Gasteiger partial charge in [-0.2, -0.15) is 0 Å².